The summed E-state index contributed by atoms with van der Waals surface area (Å²) in [5.41, 5.74) is -0.0432. The smallest absolute Gasteiger partial charge is 0.263 e. The summed E-state index contributed by atoms with van der Waals surface area (Å²) in [5.74, 6) is 0. The van der Waals surface area contributed by atoms with Gasteiger partial charge in [-0.1, -0.05) is 19.3 Å². The van der Waals surface area contributed by atoms with Crippen LogP contribution in [0.2, 0.25) is 0 Å². The standard InChI is InChI=1S/C13H16N2OS2/c1-13(6-3-2-4-7-13)15-11(16)9-5-8-18-10(9)14-12(15)17/h5,8H,2-4,6-7H2,1H3,(H,14,17). The molecule has 1 N–H and O–H groups in total. The molecule has 3 nitrogen and oxygen atoms in total. The summed E-state index contributed by atoms with van der Waals surface area (Å²) >= 11 is 6.93. The average Bonchev–Trinajstić information content (AvgIpc) is 2.77. The number of fused-ring (bicyclic) bond motifs is 1. The molecule has 1 saturated carbocycles. The molecule has 0 saturated heterocycles. The SMILES string of the molecule is CC1(n2c(=S)[nH]c3sccc3c2=O)CCCCC1. The van der Waals surface area contributed by atoms with E-state index in [0.717, 1.165) is 23.1 Å². The van der Waals surface area contributed by atoms with Gasteiger partial charge in [0, 0.05) is 5.54 Å². The Balaban J connectivity index is 2.28. The Morgan fingerprint density at radius 3 is 2.83 bits per heavy atom. The first-order chi connectivity index (χ1) is 8.62. The van der Waals surface area contributed by atoms with Crippen LogP contribution in [0.15, 0.2) is 16.2 Å². The van der Waals surface area contributed by atoms with E-state index in [1.165, 1.54) is 30.6 Å². The molecule has 0 aliphatic heterocycles. The van der Waals surface area contributed by atoms with Crippen molar-refractivity contribution in [3.63, 3.8) is 0 Å². The molecule has 0 aromatic carbocycles. The van der Waals surface area contributed by atoms with Crippen molar-refractivity contribution in [3.8, 4) is 0 Å². The third kappa shape index (κ3) is 1.77. The summed E-state index contributed by atoms with van der Waals surface area (Å²) < 4.78 is 2.38. The maximum atomic E-state index is 12.6. The third-order valence-electron chi connectivity index (χ3n) is 3.99. The number of rotatable bonds is 1. The quantitative estimate of drug-likeness (QED) is 0.807. The summed E-state index contributed by atoms with van der Waals surface area (Å²) in [6.45, 7) is 2.16. The van der Waals surface area contributed by atoms with Gasteiger partial charge in [0.25, 0.3) is 5.56 Å². The predicted octanol–water partition coefficient (Wildman–Crippen LogP) is 3.80. The van der Waals surface area contributed by atoms with Crippen LogP contribution in [0.5, 0.6) is 0 Å². The molecule has 0 radical (unpaired) electrons. The first-order valence-electron chi connectivity index (χ1n) is 6.35. The Morgan fingerprint density at radius 2 is 2.11 bits per heavy atom. The van der Waals surface area contributed by atoms with Gasteiger partial charge in [0.05, 0.1) is 5.39 Å². The lowest BCUT2D eigenvalue weighted by Gasteiger charge is -2.35. The largest absolute Gasteiger partial charge is 0.323 e. The lowest BCUT2D eigenvalue weighted by molar-refractivity contribution is 0.209. The Kier molecular flexibility index (Phi) is 2.90. The first kappa shape index (κ1) is 12.1. The molecule has 1 aliphatic rings. The Hall–Kier alpha value is -0.940. The molecule has 2 aromatic heterocycles. The third-order valence-corrected chi connectivity index (χ3v) is 5.11. The van der Waals surface area contributed by atoms with Gasteiger partial charge in [-0.15, -0.1) is 11.3 Å². The van der Waals surface area contributed by atoms with E-state index >= 15 is 0 Å². The molecular weight excluding hydrogens is 264 g/mol. The van der Waals surface area contributed by atoms with E-state index in [0.29, 0.717) is 4.77 Å². The highest BCUT2D eigenvalue weighted by Gasteiger charge is 2.31. The van der Waals surface area contributed by atoms with Crippen LogP contribution in [0.25, 0.3) is 10.2 Å². The molecule has 5 heteroatoms. The van der Waals surface area contributed by atoms with E-state index in [-0.39, 0.29) is 11.1 Å². The normalized spacial score (nSPS) is 19.2. The Bertz CT molecular complexity index is 689. The maximum absolute atomic E-state index is 12.6. The van der Waals surface area contributed by atoms with Gasteiger partial charge in [-0.2, -0.15) is 0 Å². The number of aromatic nitrogens is 2. The fraction of sp³-hybridized carbons (Fsp3) is 0.538. The molecule has 0 spiro atoms. The van der Waals surface area contributed by atoms with E-state index in [2.05, 4.69) is 11.9 Å². The van der Waals surface area contributed by atoms with Crippen LogP contribution in [-0.4, -0.2) is 9.55 Å². The number of hydrogen-bond donors (Lipinski definition) is 1. The molecule has 1 fully saturated rings. The van der Waals surface area contributed by atoms with Crippen LogP contribution in [0.3, 0.4) is 0 Å². The fourth-order valence-electron chi connectivity index (χ4n) is 2.97. The van der Waals surface area contributed by atoms with Crippen molar-refractivity contribution in [2.75, 3.05) is 0 Å². The first-order valence-corrected chi connectivity index (χ1v) is 7.64. The zero-order valence-electron chi connectivity index (χ0n) is 10.4. The van der Waals surface area contributed by atoms with Gasteiger partial charge >= 0.3 is 0 Å². The van der Waals surface area contributed by atoms with Crippen molar-refractivity contribution in [2.45, 2.75) is 44.6 Å². The molecular formula is C13H16N2OS2. The maximum Gasteiger partial charge on any atom is 0.263 e. The zero-order valence-corrected chi connectivity index (χ0v) is 12.0. The topological polar surface area (TPSA) is 37.8 Å². The summed E-state index contributed by atoms with van der Waals surface area (Å²) in [7, 11) is 0. The molecule has 0 unspecified atom stereocenters. The number of aromatic amines is 1. The molecule has 0 bridgehead atoms. The van der Waals surface area contributed by atoms with Gasteiger partial charge < -0.3 is 4.98 Å². The highest BCUT2D eigenvalue weighted by molar-refractivity contribution is 7.71. The minimum atomic E-state index is -0.112. The second-order valence-electron chi connectivity index (χ2n) is 5.29. The lowest BCUT2D eigenvalue weighted by atomic mass is 9.83. The molecule has 1 aliphatic carbocycles. The lowest BCUT2D eigenvalue weighted by Crippen LogP contribution is -2.41. The van der Waals surface area contributed by atoms with E-state index in [4.69, 9.17) is 12.2 Å². The van der Waals surface area contributed by atoms with Crippen molar-refractivity contribution < 1.29 is 0 Å². The second kappa shape index (κ2) is 4.31. The zero-order chi connectivity index (χ0) is 12.8. The van der Waals surface area contributed by atoms with Crippen LogP contribution >= 0.6 is 23.6 Å². The van der Waals surface area contributed by atoms with Gasteiger partial charge in [-0.3, -0.25) is 9.36 Å². The van der Waals surface area contributed by atoms with Gasteiger partial charge in [0.1, 0.15) is 4.83 Å². The Morgan fingerprint density at radius 1 is 1.39 bits per heavy atom. The second-order valence-corrected chi connectivity index (χ2v) is 6.59. The molecule has 18 heavy (non-hydrogen) atoms. The summed E-state index contributed by atoms with van der Waals surface area (Å²) in [4.78, 5) is 16.7. The number of hydrogen-bond acceptors (Lipinski definition) is 3. The van der Waals surface area contributed by atoms with E-state index in [1.807, 2.05) is 16.0 Å². The fourth-order valence-corrected chi connectivity index (χ4v) is 4.22. The number of H-pyrrole nitrogens is 1. The van der Waals surface area contributed by atoms with Crippen LogP contribution in [-0.2, 0) is 5.54 Å². The predicted molar refractivity (Wildman–Crippen MR) is 78.0 cm³/mol. The molecule has 2 heterocycles. The summed E-state index contributed by atoms with van der Waals surface area (Å²) in [5, 5.41) is 2.70. The van der Waals surface area contributed by atoms with Crippen molar-refractivity contribution in [3.05, 3.63) is 26.6 Å². The van der Waals surface area contributed by atoms with Gasteiger partial charge in [0.15, 0.2) is 4.77 Å². The highest BCUT2D eigenvalue weighted by Crippen LogP contribution is 2.34. The van der Waals surface area contributed by atoms with Crippen molar-refractivity contribution in [1.29, 1.82) is 0 Å². The number of nitrogens with one attached hydrogen (secondary N) is 1. The summed E-state index contributed by atoms with van der Waals surface area (Å²) in [6.07, 6.45) is 5.71. The molecule has 96 valence electrons. The highest BCUT2D eigenvalue weighted by atomic mass is 32.1. The molecule has 3 rings (SSSR count). The van der Waals surface area contributed by atoms with E-state index < -0.39 is 0 Å². The van der Waals surface area contributed by atoms with Gasteiger partial charge in [0.2, 0.25) is 0 Å². The van der Waals surface area contributed by atoms with Crippen LogP contribution in [0.1, 0.15) is 39.0 Å². The van der Waals surface area contributed by atoms with E-state index in [9.17, 15) is 4.79 Å². The minimum absolute atomic E-state index is 0.0689. The number of thiophene rings is 1. The van der Waals surface area contributed by atoms with Crippen LogP contribution in [0, 0.1) is 4.77 Å². The van der Waals surface area contributed by atoms with Crippen molar-refractivity contribution >= 4 is 33.8 Å². The molecule has 2 aromatic rings. The van der Waals surface area contributed by atoms with Crippen molar-refractivity contribution in [1.82, 2.24) is 9.55 Å². The van der Waals surface area contributed by atoms with Crippen molar-refractivity contribution in [2.24, 2.45) is 0 Å². The molecule has 0 atom stereocenters. The summed E-state index contributed by atoms with van der Waals surface area (Å²) in [6, 6.07) is 1.89. The average molecular weight is 280 g/mol. The number of nitrogens with zero attached hydrogens (tertiary/aromatic N) is 1. The van der Waals surface area contributed by atoms with Gasteiger partial charge in [-0.25, -0.2) is 0 Å². The van der Waals surface area contributed by atoms with Crippen LogP contribution < -0.4 is 5.56 Å². The monoisotopic (exact) mass is 280 g/mol. The van der Waals surface area contributed by atoms with Crippen LogP contribution in [0.4, 0.5) is 0 Å². The molecule has 0 amide bonds. The van der Waals surface area contributed by atoms with E-state index in [1.54, 1.807) is 0 Å². The Labute approximate surface area is 114 Å². The minimum Gasteiger partial charge on any atom is -0.323 e. The van der Waals surface area contributed by atoms with Gasteiger partial charge in [-0.05, 0) is 43.4 Å².